The SMILES string of the molecule is COc1ccc2cc1OCCCNC(=O)c1cc(ccc1O)Oc1ccc3c(c1)CCN(S(=O)(=O)c1ccccc1Cl)C23. The van der Waals surface area contributed by atoms with E-state index in [0.717, 1.165) is 11.1 Å². The van der Waals surface area contributed by atoms with Crippen LogP contribution in [0.2, 0.25) is 5.02 Å². The second-order valence-corrected chi connectivity index (χ2v) is 12.5. The van der Waals surface area contributed by atoms with E-state index < -0.39 is 22.0 Å². The first kappa shape index (κ1) is 28.9. The molecule has 0 saturated heterocycles. The highest BCUT2D eigenvalue weighted by atomic mass is 35.5. The Labute approximate surface area is 254 Å². The molecule has 0 aliphatic carbocycles. The van der Waals surface area contributed by atoms with Gasteiger partial charge >= 0.3 is 0 Å². The van der Waals surface area contributed by atoms with Crippen molar-refractivity contribution in [1.29, 1.82) is 0 Å². The first-order valence-corrected chi connectivity index (χ1v) is 15.6. The van der Waals surface area contributed by atoms with E-state index in [1.54, 1.807) is 42.5 Å². The highest BCUT2D eigenvalue weighted by Crippen LogP contribution is 2.43. The summed E-state index contributed by atoms with van der Waals surface area (Å²) in [7, 11) is -2.48. The molecule has 0 fully saturated rings. The molecule has 9 nitrogen and oxygen atoms in total. The van der Waals surface area contributed by atoms with Gasteiger partial charge in [0.25, 0.3) is 5.91 Å². The van der Waals surface area contributed by atoms with Crippen molar-refractivity contribution in [2.45, 2.75) is 23.8 Å². The Hall–Kier alpha value is -4.25. The van der Waals surface area contributed by atoms with Gasteiger partial charge in [-0.05, 0) is 84.1 Å². The van der Waals surface area contributed by atoms with Crippen LogP contribution >= 0.6 is 11.6 Å². The summed E-state index contributed by atoms with van der Waals surface area (Å²) in [6.45, 7) is 0.740. The predicted molar refractivity (Wildman–Crippen MR) is 161 cm³/mol. The maximum absolute atomic E-state index is 14.1. The van der Waals surface area contributed by atoms with Crippen LogP contribution in [0, 0.1) is 0 Å². The van der Waals surface area contributed by atoms with Crippen molar-refractivity contribution in [3.8, 4) is 28.7 Å². The highest BCUT2D eigenvalue weighted by Gasteiger charge is 2.39. The number of nitrogens with zero attached hydrogens (tertiary/aromatic N) is 1. The zero-order chi connectivity index (χ0) is 30.1. The van der Waals surface area contributed by atoms with E-state index in [1.807, 2.05) is 18.2 Å². The smallest absolute Gasteiger partial charge is 0.255 e. The fraction of sp³-hybridized carbons (Fsp3) is 0.219. The topological polar surface area (TPSA) is 114 Å². The van der Waals surface area contributed by atoms with Crippen molar-refractivity contribution in [3.05, 3.63) is 106 Å². The van der Waals surface area contributed by atoms with E-state index in [0.29, 0.717) is 47.9 Å². The number of sulfonamides is 1. The van der Waals surface area contributed by atoms with Crippen molar-refractivity contribution < 1.29 is 32.5 Å². The Morgan fingerprint density at radius 3 is 2.63 bits per heavy atom. The molecular formula is C32H29ClN2O7S. The molecule has 0 spiro atoms. The molecule has 3 aliphatic rings. The second kappa shape index (κ2) is 11.8. The van der Waals surface area contributed by atoms with Crippen LogP contribution in [0.3, 0.4) is 0 Å². The number of amides is 1. The molecule has 11 heteroatoms. The minimum absolute atomic E-state index is 0.0368. The Kier molecular flexibility index (Phi) is 7.91. The molecule has 4 aromatic rings. The molecule has 0 saturated carbocycles. The Bertz CT molecular complexity index is 1810. The normalized spacial score (nSPS) is 17.2. The Morgan fingerprint density at radius 2 is 1.81 bits per heavy atom. The summed E-state index contributed by atoms with van der Waals surface area (Å²) in [5, 5.41) is 13.3. The van der Waals surface area contributed by atoms with Crippen LogP contribution in [0.1, 0.15) is 39.5 Å². The summed E-state index contributed by atoms with van der Waals surface area (Å²) in [6, 6.07) is 21.1. The Balaban J connectivity index is 1.50. The van der Waals surface area contributed by atoms with Crippen LogP contribution in [0.5, 0.6) is 28.7 Å². The average Bonchev–Trinajstić information content (AvgIpc) is 3.00. The lowest BCUT2D eigenvalue weighted by atomic mass is 9.89. The molecule has 3 heterocycles. The third-order valence-electron chi connectivity index (χ3n) is 7.54. The van der Waals surface area contributed by atoms with Gasteiger partial charge in [-0.1, -0.05) is 35.9 Å². The van der Waals surface area contributed by atoms with Gasteiger partial charge in [0.2, 0.25) is 10.0 Å². The van der Waals surface area contributed by atoms with Gasteiger partial charge in [-0.3, -0.25) is 4.79 Å². The molecule has 0 radical (unpaired) electrons. The average molecular weight is 621 g/mol. The number of hydrogen-bond donors (Lipinski definition) is 2. The van der Waals surface area contributed by atoms with Crippen molar-refractivity contribution in [3.63, 3.8) is 0 Å². The third kappa shape index (κ3) is 5.61. The van der Waals surface area contributed by atoms with Crippen LogP contribution in [0.15, 0.2) is 83.8 Å². The van der Waals surface area contributed by atoms with Gasteiger partial charge in [0.15, 0.2) is 11.5 Å². The summed E-state index contributed by atoms with van der Waals surface area (Å²) in [4.78, 5) is 12.8. The number of methoxy groups -OCH3 is 1. The van der Waals surface area contributed by atoms with E-state index in [4.69, 9.17) is 25.8 Å². The minimum atomic E-state index is -4.01. The number of phenolic OH excluding ortho intramolecular Hbond substituents is 1. The zero-order valence-electron chi connectivity index (χ0n) is 23.2. The van der Waals surface area contributed by atoms with E-state index in [9.17, 15) is 18.3 Å². The van der Waals surface area contributed by atoms with Crippen LogP contribution in [0.25, 0.3) is 0 Å². The van der Waals surface area contributed by atoms with Gasteiger partial charge in [-0.25, -0.2) is 8.42 Å². The van der Waals surface area contributed by atoms with Crippen LogP contribution in [0.4, 0.5) is 0 Å². The molecule has 4 aromatic carbocycles. The van der Waals surface area contributed by atoms with Gasteiger partial charge in [-0.2, -0.15) is 4.31 Å². The molecule has 3 aliphatic heterocycles. The maximum atomic E-state index is 14.1. The number of nitrogens with one attached hydrogen (secondary N) is 1. The van der Waals surface area contributed by atoms with Crippen molar-refractivity contribution in [1.82, 2.24) is 9.62 Å². The monoisotopic (exact) mass is 620 g/mol. The lowest BCUT2D eigenvalue weighted by Gasteiger charge is -2.37. The van der Waals surface area contributed by atoms with Gasteiger partial charge in [-0.15, -0.1) is 0 Å². The van der Waals surface area contributed by atoms with E-state index in [1.165, 1.54) is 29.6 Å². The number of aromatic hydroxyl groups is 1. The van der Waals surface area contributed by atoms with E-state index in [2.05, 4.69) is 5.32 Å². The quantitative estimate of drug-likeness (QED) is 0.302. The molecule has 222 valence electrons. The second-order valence-electron chi connectivity index (χ2n) is 10.2. The first-order valence-electron chi connectivity index (χ1n) is 13.8. The van der Waals surface area contributed by atoms with Crippen LogP contribution in [-0.2, 0) is 16.4 Å². The predicted octanol–water partition coefficient (Wildman–Crippen LogP) is 5.70. The third-order valence-corrected chi connectivity index (χ3v) is 9.90. The highest BCUT2D eigenvalue weighted by molar-refractivity contribution is 7.89. The number of carbonyl (C=O) groups is 1. The van der Waals surface area contributed by atoms with E-state index in [-0.39, 0.29) is 34.4 Å². The van der Waals surface area contributed by atoms with Gasteiger partial charge < -0.3 is 24.6 Å². The number of benzene rings is 4. The van der Waals surface area contributed by atoms with Crippen LogP contribution < -0.4 is 19.5 Å². The van der Waals surface area contributed by atoms with Crippen molar-refractivity contribution >= 4 is 27.5 Å². The summed E-state index contributed by atoms with van der Waals surface area (Å²) in [5.74, 6) is 1.23. The molecule has 0 aromatic heterocycles. The molecule has 7 rings (SSSR count). The number of rotatable bonds is 3. The lowest BCUT2D eigenvalue weighted by molar-refractivity contribution is 0.0948. The lowest BCUT2D eigenvalue weighted by Crippen LogP contribution is -2.40. The zero-order valence-corrected chi connectivity index (χ0v) is 24.8. The number of phenols is 1. The van der Waals surface area contributed by atoms with Crippen LogP contribution in [-0.4, -0.2) is 50.5 Å². The minimum Gasteiger partial charge on any atom is -0.507 e. The number of hydrogen-bond acceptors (Lipinski definition) is 7. The first-order chi connectivity index (χ1) is 20.8. The standard InChI is InChI=1S/C32H29ClN2O7S/c1-40-28-12-7-21-18-29(28)41-16-4-14-34-32(37)25-19-23(9-11-27(25)36)42-22-8-10-24-20(17-22)13-15-35(31(21)24)43(38,39)30-6-3-2-5-26(30)33/h2-3,5-12,17-19,31,36H,4,13-16H2,1H3,(H,34,37). The molecule has 8 bridgehead atoms. The van der Waals surface area contributed by atoms with E-state index >= 15 is 0 Å². The summed E-state index contributed by atoms with van der Waals surface area (Å²) >= 11 is 6.39. The largest absolute Gasteiger partial charge is 0.507 e. The summed E-state index contributed by atoms with van der Waals surface area (Å²) < 4.78 is 47.4. The molecule has 43 heavy (non-hydrogen) atoms. The van der Waals surface area contributed by atoms with Gasteiger partial charge in [0, 0.05) is 13.1 Å². The van der Waals surface area contributed by atoms with Gasteiger partial charge in [0.05, 0.1) is 30.3 Å². The molecule has 2 N–H and O–H groups in total. The number of fused-ring (bicyclic) bond motifs is 6. The number of carbonyl (C=O) groups excluding carboxylic acids is 1. The summed E-state index contributed by atoms with van der Waals surface area (Å²) in [6.07, 6.45) is 0.896. The van der Waals surface area contributed by atoms with Crippen molar-refractivity contribution in [2.75, 3.05) is 26.8 Å². The fourth-order valence-corrected chi connectivity index (χ4v) is 7.54. The maximum Gasteiger partial charge on any atom is 0.255 e. The van der Waals surface area contributed by atoms with Crippen molar-refractivity contribution in [2.24, 2.45) is 0 Å². The molecule has 1 amide bonds. The Morgan fingerprint density at radius 1 is 1.02 bits per heavy atom. The molecule has 1 atom stereocenters. The molecule has 1 unspecified atom stereocenters. The fourth-order valence-electron chi connectivity index (χ4n) is 5.45. The summed E-state index contributed by atoms with van der Waals surface area (Å²) in [5.41, 5.74) is 2.48. The number of ether oxygens (including phenoxy) is 3. The molecular weight excluding hydrogens is 592 g/mol. The van der Waals surface area contributed by atoms with Gasteiger partial charge in [0.1, 0.15) is 22.1 Å². The number of halogens is 1.